The van der Waals surface area contributed by atoms with Gasteiger partial charge in [-0.2, -0.15) is 0 Å². The van der Waals surface area contributed by atoms with E-state index in [1.807, 2.05) is 0 Å². The van der Waals surface area contributed by atoms with Crippen molar-refractivity contribution in [3.8, 4) is 0 Å². The van der Waals surface area contributed by atoms with E-state index in [1.165, 1.54) is 12.8 Å². The van der Waals surface area contributed by atoms with E-state index in [-0.39, 0.29) is 5.91 Å². The van der Waals surface area contributed by atoms with Crippen LogP contribution in [0.25, 0.3) is 0 Å². The van der Waals surface area contributed by atoms with E-state index in [9.17, 15) is 4.79 Å². The first kappa shape index (κ1) is 14.7. The average molecular weight is 283 g/mol. The summed E-state index contributed by atoms with van der Waals surface area (Å²) in [5, 5.41) is 3.08. The summed E-state index contributed by atoms with van der Waals surface area (Å²) in [5.74, 6) is 0.0450. The first-order valence-electron chi connectivity index (χ1n) is 7.38. The largest absolute Gasteiger partial charge is 0.392 e. The monoisotopic (exact) mass is 283 g/mol. The van der Waals surface area contributed by atoms with Crippen molar-refractivity contribution in [3.63, 3.8) is 0 Å². The molecule has 0 bridgehead atoms. The zero-order valence-corrected chi connectivity index (χ0v) is 12.6. The van der Waals surface area contributed by atoms with Crippen LogP contribution in [0.4, 0.5) is 0 Å². The number of carbonyl (C=O) groups is 1. The molecule has 2 aliphatic rings. The van der Waals surface area contributed by atoms with Crippen molar-refractivity contribution in [1.82, 2.24) is 10.2 Å². The van der Waals surface area contributed by atoms with Gasteiger partial charge in [-0.05, 0) is 45.7 Å². The maximum Gasteiger partial charge on any atom is 0.233 e. The summed E-state index contributed by atoms with van der Waals surface area (Å²) in [4.78, 5) is 15.2. The van der Waals surface area contributed by atoms with Gasteiger partial charge in [-0.3, -0.25) is 9.69 Å². The molecule has 5 heteroatoms. The molecule has 19 heavy (non-hydrogen) atoms. The molecular weight excluding hydrogens is 258 g/mol. The molecular formula is C14H25N3OS. The Morgan fingerprint density at radius 3 is 2.42 bits per heavy atom. The molecule has 1 unspecified atom stereocenters. The number of amides is 1. The van der Waals surface area contributed by atoms with Crippen molar-refractivity contribution in [2.24, 2.45) is 11.1 Å². The topological polar surface area (TPSA) is 58.4 Å². The third-order valence-electron chi connectivity index (χ3n) is 4.69. The molecule has 1 amide bonds. The second-order valence-corrected chi connectivity index (χ2v) is 6.40. The van der Waals surface area contributed by atoms with Gasteiger partial charge in [0.25, 0.3) is 0 Å². The predicted molar refractivity (Wildman–Crippen MR) is 81.0 cm³/mol. The van der Waals surface area contributed by atoms with Crippen LogP contribution in [0.5, 0.6) is 0 Å². The Balaban J connectivity index is 1.87. The van der Waals surface area contributed by atoms with Gasteiger partial charge in [0.15, 0.2) is 0 Å². The first-order valence-corrected chi connectivity index (χ1v) is 7.79. The molecule has 1 saturated carbocycles. The smallest absolute Gasteiger partial charge is 0.233 e. The molecule has 0 spiro atoms. The summed E-state index contributed by atoms with van der Waals surface area (Å²) in [6.45, 7) is 5.17. The molecule has 3 N–H and O–H groups in total. The number of nitrogens with zero attached hydrogens (tertiary/aromatic N) is 1. The van der Waals surface area contributed by atoms with Crippen molar-refractivity contribution < 1.29 is 4.79 Å². The Morgan fingerprint density at radius 2 is 1.89 bits per heavy atom. The van der Waals surface area contributed by atoms with Crippen LogP contribution < -0.4 is 11.1 Å². The molecule has 1 saturated heterocycles. The number of rotatable bonds is 5. The molecule has 108 valence electrons. The van der Waals surface area contributed by atoms with Gasteiger partial charge in [-0.15, -0.1) is 0 Å². The van der Waals surface area contributed by atoms with Gasteiger partial charge >= 0.3 is 0 Å². The Bertz CT molecular complexity index is 347. The maximum absolute atomic E-state index is 12.4. The number of likely N-dealkylation sites (tertiary alicyclic amines) is 1. The fraction of sp³-hybridized carbons (Fsp3) is 0.857. The second kappa shape index (κ2) is 6.18. The Hall–Kier alpha value is -0.680. The van der Waals surface area contributed by atoms with Crippen molar-refractivity contribution in [3.05, 3.63) is 0 Å². The summed E-state index contributed by atoms with van der Waals surface area (Å²) in [7, 11) is 0. The van der Waals surface area contributed by atoms with Gasteiger partial charge in [-0.1, -0.05) is 25.1 Å². The third-order valence-corrected chi connectivity index (χ3v) is 5.08. The van der Waals surface area contributed by atoms with Crippen LogP contribution in [-0.2, 0) is 4.79 Å². The van der Waals surface area contributed by atoms with Crippen LogP contribution in [0.1, 0.15) is 45.4 Å². The molecule has 1 atom stereocenters. The lowest BCUT2D eigenvalue weighted by Gasteiger charge is -2.29. The highest BCUT2D eigenvalue weighted by molar-refractivity contribution is 7.80. The van der Waals surface area contributed by atoms with E-state index >= 15 is 0 Å². The first-order chi connectivity index (χ1) is 9.06. The molecule has 1 heterocycles. The molecule has 1 aliphatic carbocycles. The van der Waals surface area contributed by atoms with E-state index in [0.29, 0.717) is 17.6 Å². The summed E-state index contributed by atoms with van der Waals surface area (Å²) in [6.07, 6.45) is 6.27. The zero-order valence-electron chi connectivity index (χ0n) is 11.8. The van der Waals surface area contributed by atoms with E-state index in [2.05, 4.69) is 17.1 Å². The maximum atomic E-state index is 12.4. The highest BCUT2D eigenvalue weighted by atomic mass is 32.1. The minimum Gasteiger partial charge on any atom is -0.392 e. The standard InChI is InChI=1S/C14H25N3OS/c1-11(17-8-4-5-9-17)10-16-13(18)14(12(15)19)6-2-3-7-14/h11H,2-10H2,1H3,(H2,15,19)(H,16,18). The molecule has 0 radical (unpaired) electrons. The Kier molecular flexibility index (Phi) is 4.79. The SMILES string of the molecule is CC(CNC(=O)C1(C(N)=S)CCCC1)N1CCCC1. The van der Waals surface area contributed by atoms with Crippen LogP contribution in [0.2, 0.25) is 0 Å². The van der Waals surface area contributed by atoms with Crippen molar-refractivity contribution in [1.29, 1.82) is 0 Å². The van der Waals surface area contributed by atoms with Gasteiger partial charge in [0.05, 0.1) is 10.4 Å². The Labute approximate surface area is 121 Å². The quantitative estimate of drug-likeness (QED) is 0.750. The average Bonchev–Trinajstić information content (AvgIpc) is 3.05. The van der Waals surface area contributed by atoms with Crippen LogP contribution in [0, 0.1) is 5.41 Å². The van der Waals surface area contributed by atoms with E-state index in [4.69, 9.17) is 18.0 Å². The molecule has 0 aromatic heterocycles. The van der Waals surface area contributed by atoms with Crippen molar-refractivity contribution >= 4 is 23.1 Å². The van der Waals surface area contributed by atoms with E-state index in [1.54, 1.807) is 0 Å². The molecule has 0 aromatic rings. The Morgan fingerprint density at radius 1 is 1.32 bits per heavy atom. The van der Waals surface area contributed by atoms with Crippen LogP contribution in [-0.4, -0.2) is 41.5 Å². The molecule has 0 aromatic carbocycles. The second-order valence-electron chi connectivity index (χ2n) is 5.96. The minimum absolute atomic E-state index is 0.0450. The van der Waals surface area contributed by atoms with Gasteiger partial charge in [0.1, 0.15) is 0 Å². The van der Waals surface area contributed by atoms with E-state index in [0.717, 1.165) is 38.8 Å². The predicted octanol–water partition coefficient (Wildman–Crippen LogP) is 1.43. The van der Waals surface area contributed by atoms with Gasteiger partial charge in [-0.25, -0.2) is 0 Å². The number of nitrogens with two attached hydrogens (primary N) is 1. The van der Waals surface area contributed by atoms with Crippen molar-refractivity contribution in [2.45, 2.75) is 51.5 Å². The van der Waals surface area contributed by atoms with Crippen LogP contribution >= 0.6 is 12.2 Å². The van der Waals surface area contributed by atoms with Crippen LogP contribution in [0.3, 0.4) is 0 Å². The number of hydrogen-bond acceptors (Lipinski definition) is 3. The van der Waals surface area contributed by atoms with Crippen LogP contribution in [0.15, 0.2) is 0 Å². The molecule has 1 aliphatic heterocycles. The fourth-order valence-electron chi connectivity index (χ4n) is 3.28. The van der Waals surface area contributed by atoms with Gasteiger partial charge < -0.3 is 11.1 Å². The lowest BCUT2D eigenvalue weighted by molar-refractivity contribution is -0.127. The van der Waals surface area contributed by atoms with Gasteiger partial charge in [0.2, 0.25) is 5.91 Å². The summed E-state index contributed by atoms with van der Waals surface area (Å²) >= 11 is 5.14. The highest BCUT2D eigenvalue weighted by Crippen LogP contribution is 2.38. The summed E-state index contributed by atoms with van der Waals surface area (Å²) in [5.41, 5.74) is 5.25. The molecule has 4 nitrogen and oxygen atoms in total. The molecule has 2 rings (SSSR count). The summed E-state index contributed by atoms with van der Waals surface area (Å²) in [6, 6.07) is 0.399. The summed E-state index contributed by atoms with van der Waals surface area (Å²) < 4.78 is 0. The zero-order chi connectivity index (χ0) is 13.9. The normalized spacial score (nSPS) is 24.3. The lowest BCUT2D eigenvalue weighted by Crippen LogP contribution is -2.50. The number of carbonyl (C=O) groups excluding carboxylic acids is 1. The number of thiocarbonyl (C=S) groups is 1. The van der Waals surface area contributed by atoms with Crippen molar-refractivity contribution in [2.75, 3.05) is 19.6 Å². The minimum atomic E-state index is -0.569. The number of hydrogen-bond donors (Lipinski definition) is 2. The molecule has 2 fully saturated rings. The van der Waals surface area contributed by atoms with E-state index < -0.39 is 5.41 Å². The van der Waals surface area contributed by atoms with Gasteiger partial charge in [0, 0.05) is 12.6 Å². The highest BCUT2D eigenvalue weighted by Gasteiger charge is 2.43. The number of nitrogens with one attached hydrogen (secondary N) is 1. The lowest BCUT2D eigenvalue weighted by atomic mass is 9.85. The third kappa shape index (κ3) is 3.08. The fourth-order valence-corrected chi connectivity index (χ4v) is 3.58.